The molecule has 2 N–H and O–H groups in total. The predicted octanol–water partition coefficient (Wildman–Crippen LogP) is 3.91. The molecule has 2 aromatic rings. The second-order valence-corrected chi connectivity index (χ2v) is 4.69. The van der Waals surface area contributed by atoms with Crippen LogP contribution in [0.15, 0.2) is 24.3 Å². The summed E-state index contributed by atoms with van der Waals surface area (Å²) >= 11 is 6.29. The van der Waals surface area contributed by atoms with Gasteiger partial charge in [0.1, 0.15) is 5.82 Å². The first-order chi connectivity index (χ1) is 7.99. The number of nitrogen functional groups attached to an aromatic ring is 1. The van der Waals surface area contributed by atoms with Crippen LogP contribution in [0, 0.1) is 20.8 Å². The molecule has 3 heteroatoms. The highest BCUT2D eigenvalue weighted by molar-refractivity contribution is 6.33. The molecule has 0 amide bonds. The number of anilines is 1. The zero-order valence-electron chi connectivity index (χ0n) is 10.2. The van der Waals surface area contributed by atoms with Gasteiger partial charge in [-0.2, -0.15) is 0 Å². The predicted molar refractivity (Wildman–Crippen MR) is 73.3 cm³/mol. The molecule has 88 valence electrons. The lowest BCUT2D eigenvalue weighted by Gasteiger charge is -2.11. The summed E-state index contributed by atoms with van der Waals surface area (Å²) in [5, 5.41) is 0.753. The number of hydrogen-bond donors (Lipinski definition) is 1. The van der Waals surface area contributed by atoms with Crippen molar-refractivity contribution in [1.82, 2.24) is 4.98 Å². The Hall–Kier alpha value is -1.54. The van der Waals surface area contributed by atoms with Crippen molar-refractivity contribution >= 4 is 17.4 Å². The Labute approximate surface area is 106 Å². The molecule has 0 atom stereocenters. The maximum absolute atomic E-state index is 6.29. The highest BCUT2D eigenvalue weighted by atomic mass is 35.5. The van der Waals surface area contributed by atoms with Crippen LogP contribution in [-0.4, -0.2) is 4.98 Å². The summed E-state index contributed by atoms with van der Waals surface area (Å²) < 4.78 is 0. The topological polar surface area (TPSA) is 38.9 Å². The van der Waals surface area contributed by atoms with Gasteiger partial charge in [-0.3, -0.25) is 0 Å². The second-order valence-electron chi connectivity index (χ2n) is 4.29. The van der Waals surface area contributed by atoms with E-state index in [2.05, 4.69) is 24.9 Å². The summed E-state index contributed by atoms with van der Waals surface area (Å²) in [7, 11) is 0. The van der Waals surface area contributed by atoms with Crippen molar-refractivity contribution in [2.45, 2.75) is 20.8 Å². The van der Waals surface area contributed by atoms with Gasteiger partial charge in [0, 0.05) is 21.8 Å². The molecule has 2 nitrogen and oxygen atoms in total. The lowest BCUT2D eigenvalue weighted by atomic mass is 9.99. The first-order valence-electron chi connectivity index (χ1n) is 5.49. The van der Waals surface area contributed by atoms with Crippen molar-refractivity contribution in [2.75, 3.05) is 5.73 Å². The van der Waals surface area contributed by atoms with Crippen molar-refractivity contribution < 1.29 is 0 Å². The van der Waals surface area contributed by atoms with Crippen LogP contribution in [0.1, 0.15) is 16.8 Å². The van der Waals surface area contributed by atoms with E-state index in [0.717, 1.165) is 21.8 Å². The van der Waals surface area contributed by atoms with Gasteiger partial charge in [0.2, 0.25) is 0 Å². The van der Waals surface area contributed by atoms with Crippen LogP contribution in [0.25, 0.3) is 11.1 Å². The Balaban J connectivity index is 2.64. The average Bonchev–Trinajstić information content (AvgIpc) is 2.24. The van der Waals surface area contributed by atoms with Crippen LogP contribution < -0.4 is 5.73 Å². The van der Waals surface area contributed by atoms with Gasteiger partial charge in [0.05, 0.1) is 0 Å². The van der Waals surface area contributed by atoms with Gasteiger partial charge in [-0.05, 0) is 56.2 Å². The highest BCUT2D eigenvalue weighted by Crippen LogP contribution is 2.32. The molecular formula is C14H15ClN2. The fourth-order valence-electron chi connectivity index (χ4n) is 1.85. The first-order valence-corrected chi connectivity index (χ1v) is 5.87. The van der Waals surface area contributed by atoms with E-state index in [9.17, 15) is 0 Å². The van der Waals surface area contributed by atoms with Gasteiger partial charge in [-0.25, -0.2) is 4.98 Å². The Kier molecular flexibility index (Phi) is 3.07. The third kappa shape index (κ3) is 2.27. The molecule has 0 aliphatic rings. The summed E-state index contributed by atoms with van der Waals surface area (Å²) in [6.07, 6.45) is 0. The van der Waals surface area contributed by atoms with Crippen LogP contribution in [-0.2, 0) is 0 Å². The van der Waals surface area contributed by atoms with E-state index in [0.29, 0.717) is 5.82 Å². The van der Waals surface area contributed by atoms with Gasteiger partial charge >= 0.3 is 0 Å². The zero-order chi connectivity index (χ0) is 12.6. The molecule has 0 unspecified atom stereocenters. The van der Waals surface area contributed by atoms with Crippen molar-refractivity contribution in [1.29, 1.82) is 0 Å². The number of aromatic nitrogens is 1. The SMILES string of the molecule is Cc1cc(Cl)c(-c2ccc(N)nc2C)cc1C. The number of nitrogens with zero attached hydrogens (tertiary/aromatic N) is 1. The number of pyridine rings is 1. The average molecular weight is 247 g/mol. The molecule has 0 aliphatic heterocycles. The van der Waals surface area contributed by atoms with E-state index in [1.54, 1.807) is 6.07 Å². The molecule has 0 saturated carbocycles. The molecule has 0 aliphatic carbocycles. The minimum absolute atomic E-state index is 0.534. The van der Waals surface area contributed by atoms with E-state index in [4.69, 9.17) is 17.3 Å². The minimum Gasteiger partial charge on any atom is -0.384 e. The molecule has 1 aromatic carbocycles. The number of rotatable bonds is 1. The molecule has 0 saturated heterocycles. The molecule has 17 heavy (non-hydrogen) atoms. The summed E-state index contributed by atoms with van der Waals surface area (Å²) in [6.45, 7) is 6.07. The van der Waals surface area contributed by atoms with Crippen molar-refractivity contribution in [3.63, 3.8) is 0 Å². The zero-order valence-corrected chi connectivity index (χ0v) is 11.0. The molecule has 0 fully saturated rings. The number of nitrogens with two attached hydrogens (primary N) is 1. The minimum atomic E-state index is 0.534. The largest absolute Gasteiger partial charge is 0.384 e. The third-order valence-electron chi connectivity index (χ3n) is 2.98. The highest BCUT2D eigenvalue weighted by Gasteiger charge is 2.09. The lowest BCUT2D eigenvalue weighted by molar-refractivity contribution is 1.21. The standard InChI is InChI=1S/C14H15ClN2/c1-8-6-12(13(15)7-9(8)2)11-4-5-14(16)17-10(11)3/h4-7H,1-3H3,(H2,16,17). The van der Waals surface area contributed by atoms with E-state index in [-0.39, 0.29) is 0 Å². The number of aryl methyl sites for hydroxylation is 3. The first kappa shape index (κ1) is 11.9. The Morgan fingerprint density at radius 3 is 2.29 bits per heavy atom. The quantitative estimate of drug-likeness (QED) is 0.829. The maximum Gasteiger partial charge on any atom is 0.123 e. The fraction of sp³-hybridized carbons (Fsp3) is 0.214. The normalized spacial score (nSPS) is 10.6. The lowest BCUT2D eigenvalue weighted by Crippen LogP contribution is -1.95. The molecule has 2 rings (SSSR count). The van der Waals surface area contributed by atoms with Gasteiger partial charge in [-0.15, -0.1) is 0 Å². The van der Waals surface area contributed by atoms with E-state index >= 15 is 0 Å². The summed E-state index contributed by atoms with van der Waals surface area (Å²) in [4.78, 5) is 4.26. The third-order valence-corrected chi connectivity index (χ3v) is 3.29. The van der Waals surface area contributed by atoms with Crippen molar-refractivity contribution in [2.24, 2.45) is 0 Å². The summed E-state index contributed by atoms with van der Waals surface area (Å²) in [5.41, 5.74) is 11.0. The fourth-order valence-corrected chi connectivity index (χ4v) is 2.17. The molecule has 1 heterocycles. The molecule has 1 aromatic heterocycles. The van der Waals surface area contributed by atoms with Gasteiger partial charge in [0.25, 0.3) is 0 Å². The summed E-state index contributed by atoms with van der Waals surface area (Å²) in [5.74, 6) is 0.534. The molecule has 0 spiro atoms. The van der Waals surface area contributed by atoms with Crippen LogP contribution in [0.5, 0.6) is 0 Å². The number of benzene rings is 1. The van der Waals surface area contributed by atoms with Crippen LogP contribution >= 0.6 is 11.6 Å². The van der Waals surface area contributed by atoms with Gasteiger partial charge in [0.15, 0.2) is 0 Å². The van der Waals surface area contributed by atoms with E-state index in [1.165, 1.54) is 11.1 Å². The smallest absolute Gasteiger partial charge is 0.123 e. The Morgan fingerprint density at radius 1 is 1.00 bits per heavy atom. The Bertz CT molecular complexity index is 577. The molecule has 0 radical (unpaired) electrons. The van der Waals surface area contributed by atoms with E-state index in [1.807, 2.05) is 19.1 Å². The van der Waals surface area contributed by atoms with Gasteiger partial charge < -0.3 is 5.73 Å². The Morgan fingerprint density at radius 2 is 1.65 bits per heavy atom. The number of halogens is 1. The van der Waals surface area contributed by atoms with Crippen molar-refractivity contribution in [3.8, 4) is 11.1 Å². The van der Waals surface area contributed by atoms with Crippen LogP contribution in [0.4, 0.5) is 5.82 Å². The van der Waals surface area contributed by atoms with Gasteiger partial charge in [-0.1, -0.05) is 11.6 Å². The van der Waals surface area contributed by atoms with Crippen molar-refractivity contribution in [3.05, 3.63) is 46.1 Å². The maximum atomic E-state index is 6.29. The van der Waals surface area contributed by atoms with Crippen LogP contribution in [0.3, 0.4) is 0 Å². The van der Waals surface area contributed by atoms with Crippen LogP contribution in [0.2, 0.25) is 5.02 Å². The monoisotopic (exact) mass is 246 g/mol. The molecular weight excluding hydrogens is 232 g/mol. The van der Waals surface area contributed by atoms with E-state index < -0.39 is 0 Å². The number of hydrogen-bond acceptors (Lipinski definition) is 2. The second kappa shape index (κ2) is 4.38. The molecule has 0 bridgehead atoms. The summed E-state index contributed by atoms with van der Waals surface area (Å²) in [6, 6.07) is 7.85.